The molecule has 1 fully saturated rings. The Hall–Kier alpha value is -3.38. The quantitative estimate of drug-likeness (QED) is 0.340. The molecule has 0 radical (unpaired) electrons. The lowest BCUT2D eigenvalue weighted by molar-refractivity contribution is -0.384. The Balaban J connectivity index is 1.88. The van der Waals surface area contributed by atoms with Gasteiger partial charge in [0.1, 0.15) is 11.4 Å². The Morgan fingerprint density at radius 2 is 1.66 bits per heavy atom. The summed E-state index contributed by atoms with van der Waals surface area (Å²) in [4.78, 5) is 10.8. The summed E-state index contributed by atoms with van der Waals surface area (Å²) in [6.07, 6.45) is 2.95. The summed E-state index contributed by atoms with van der Waals surface area (Å²) < 4.78 is 42.6. The number of ether oxygens (including phenoxy) is 3. The summed E-state index contributed by atoms with van der Waals surface area (Å²) >= 11 is 0. The maximum absolute atomic E-state index is 12.7. The molecule has 3 rings (SSSR count). The van der Waals surface area contributed by atoms with Crippen LogP contribution < -0.4 is 19.6 Å². The van der Waals surface area contributed by atoms with Crippen LogP contribution in [0.2, 0.25) is 0 Å². The van der Waals surface area contributed by atoms with Gasteiger partial charge in [0.25, 0.3) is 5.69 Å². The molecule has 0 spiro atoms. The van der Waals surface area contributed by atoms with E-state index in [0.29, 0.717) is 35.9 Å². The lowest BCUT2D eigenvalue weighted by Gasteiger charge is -2.15. The van der Waals surface area contributed by atoms with Gasteiger partial charge >= 0.3 is 0 Å². The number of nitro benzene ring substituents is 1. The van der Waals surface area contributed by atoms with E-state index in [1.54, 1.807) is 12.1 Å². The molecule has 1 N–H and O–H groups in total. The third-order valence-electron chi connectivity index (χ3n) is 4.99. The third kappa shape index (κ3) is 4.75. The van der Waals surface area contributed by atoms with Crippen molar-refractivity contribution < 1.29 is 27.6 Å². The molecule has 0 saturated carbocycles. The molecule has 0 bridgehead atoms. The van der Waals surface area contributed by atoms with Crippen LogP contribution in [0.25, 0.3) is 0 Å². The largest absolute Gasteiger partial charge is 0.496 e. The molecule has 1 saturated heterocycles. The van der Waals surface area contributed by atoms with Gasteiger partial charge in [0, 0.05) is 30.8 Å². The molecule has 172 valence electrons. The van der Waals surface area contributed by atoms with Crippen molar-refractivity contribution in [3.63, 3.8) is 0 Å². The van der Waals surface area contributed by atoms with Gasteiger partial charge in [0.15, 0.2) is 11.5 Å². The summed E-state index contributed by atoms with van der Waals surface area (Å²) in [6, 6.07) is 6.96. The SMILES string of the molecule is COc1cc(OC)c(OC)cc1/C=N/Nc1ccc(S(=O)(=O)N2CCCC2)cc1[N+](=O)[O-]. The van der Waals surface area contributed by atoms with E-state index in [4.69, 9.17) is 14.2 Å². The molecular weight excluding hydrogens is 440 g/mol. The number of hydrogen-bond acceptors (Lipinski definition) is 9. The van der Waals surface area contributed by atoms with Crippen molar-refractivity contribution >= 4 is 27.6 Å². The molecule has 1 aliphatic rings. The van der Waals surface area contributed by atoms with Gasteiger partial charge in [-0.15, -0.1) is 0 Å². The lowest BCUT2D eigenvalue weighted by atomic mass is 10.2. The van der Waals surface area contributed by atoms with Crippen molar-refractivity contribution in [3.05, 3.63) is 46.0 Å². The van der Waals surface area contributed by atoms with Gasteiger partial charge in [-0.3, -0.25) is 15.5 Å². The number of rotatable bonds is 9. The van der Waals surface area contributed by atoms with Gasteiger partial charge in [0.05, 0.1) is 37.4 Å². The first-order valence-corrected chi connectivity index (χ1v) is 11.1. The van der Waals surface area contributed by atoms with Crippen LogP contribution in [-0.4, -0.2) is 58.3 Å². The highest BCUT2D eigenvalue weighted by Gasteiger charge is 2.29. The van der Waals surface area contributed by atoms with Crippen molar-refractivity contribution in [2.75, 3.05) is 39.8 Å². The number of nitrogens with zero attached hydrogens (tertiary/aromatic N) is 3. The van der Waals surface area contributed by atoms with Crippen LogP contribution in [0, 0.1) is 10.1 Å². The van der Waals surface area contributed by atoms with Crippen LogP contribution in [0.15, 0.2) is 40.3 Å². The number of sulfonamides is 1. The summed E-state index contributed by atoms with van der Waals surface area (Å²) in [6.45, 7) is 0.821. The first-order chi connectivity index (χ1) is 15.3. The molecule has 0 aliphatic carbocycles. The highest BCUT2D eigenvalue weighted by atomic mass is 32.2. The number of hydrazone groups is 1. The van der Waals surface area contributed by atoms with E-state index < -0.39 is 20.6 Å². The van der Waals surface area contributed by atoms with E-state index in [9.17, 15) is 18.5 Å². The molecule has 0 atom stereocenters. The van der Waals surface area contributed by atoms with Crippen LogP contribution >= 0.6 is 0 Å². The molecule has 2 aromatic carbocycles. The normalized spacial score (nSPS) is 14.5. The zero-order valence-electron chi connectivity index (χ0n) is 17.9. The number of methoxy groups -OCH3 is 3. The Kier molecular flexibility index (Phi) is 7.15. The summed E-state index contributed by atoms with van der Waals surface area (Å²) in [5.74, 6) is 1.38. The molecule has 11 nitrogen and oxygen atoms in total. The number of anilines is 1. The van der Waals surface area contributed by atoms with E-state index in [0.717, 1.165) is 18.9 Å². The third-order valence-corrected chi connectivity index (χ3v) is 6.89. The molecule has 0 unspecified atom stereocenters. The van der Waals surface area contributed by atoms with Gasteiger partial charge in [-0.25, -0.2) is 8.42 Å². The summed E-state index contributed by atoms with van der Waals surface area (Å²) in [5, 5.41) is 15.6. The minimum atomic E-state index is -3.78. The van der Waals surface area contributed by atoms with Crippen molar-refractivity contribution in [2.45, 2.75) is 17.7 Å². The standard InChI is InChI=1S/C20H24N4O7S/c1-29-18-12-20(31-3)19(30-2)10-14(18)13-21-22-16-7-6-15(11-17(16)24(25)26)32(27,28)23-8-4-5-9-23/h6-7,10-13,22H,4-5,8-9H2,1-3H3/b21-13+. The molecule has 1 heterocycles. The fourth-order valence-corrected chi connectivity index (χ4v) is 4.86. The summed E-state index contributed by atoms with van der Waals surface area (Å²) in [7, 11) is 0.695. The van der Waals surface area contributed by atoms with Crippen molar-refractivity contribution in [3.8, 4) is 17.2 Å². The first-order valence-electron chi connectivity index (χ1n) is 9.69. The van der Waals surface area contributed by atoms with Crippen LogP contribution in [-0.2, 0) is 10.0 Å². The molecule has 1 aliphatic heterocycles. The van der Waals surface area contributed by atoms with Crippen molar-refractivity contribution in [1.29, 1.82) is 0 Å². The van der Waals surface area contributed by atoms with Gasteiger partial charge < -0.3 is 14.2 Å². The second-order valence-electron chi connectivity index (χ2n) is 6.87. The maximum Gasteiger partial charge on any atom is 0.295 e. The Labute approximate surface area is 185 Å². The van der Waals surface area contributed by atoms with E-state index >= 15 is 0 Å². The number of nitro groups is 1. The van der Waals surface area contributed by atoms with Crippen LogP contribution in [0.1, 0.15) is 18.4 Å². The van der Waals surface area contributed by atoms with Gasteiger partial charge in [0.2, 0.25) is 10.0 Å². The Morgan fingerprint density at radius 3 is 2.25 bits per heavy atom. The fourth-order valence-electron chi connectivity index (χ4n) is 3.32. The molecule has 0 aromatic heterocycles. The van der Waals surface area contributed by atoms with E-state index in [-0.39, 0.29) is 10.6 Å². The highest BCUT2D eigenvalue weighted by molar-refractivity contribution is 7.89. The van der Waals surface area contributed by atoms with Crippen LogP contribution in [0.3, 0.4) is 0 Å². The van der Waals surface area contributed by atoms with Crippen LogP contribution in [0.4, 0.5) is 11.4 Å². The van der Waals surface area contributed by atoms with Crippen LogP contribution in [0.5, 0.6) is 17.2 Å². The average molecular weight is 465 g/mol. The van der Waals surface area contributed by atoms with Crippen molar-refractivity contribution in [2.24, 2.45) is 5.10 Å². The lowest BCUT2D eigenvalue weighted by Crippen LogP contribution is -2.27. The second-order valence-corrected chi connectivity index (χ2v) is 8.80. The first kappa shape index (κ1) is 23.3. The fraction of sp³-hybridized carbons (Fsp3) is 0.350. The highest BCUT2D eigenvalue weighted by Crippen LogP contribution is 2.34. The zero-order valence-corrected chi connectivity index (χ0v) is 18.7. The molecule has 32 heavy (non-hydrogen) atoms. The topological polar surface area (TPSA) is 133 Å². The molecule has 2 aromatic rings. The average Bonchev–Trinajstić information content (AvgIpc) is 3.34. The maximum atomic E-state index is 12.7. The molecule has 0 amide bonds. The zero-order chi connectivity index (χ0) is 23.3. The smallest absolute Gasteiger partial charge is 0.295 e. The monoisotopic (exact) mass is 464 g/mol. The van der Waals surface area contributed by atoms with E-state index in [2.05, 4.69) is 10.5 Å². The number of hydrogen-bond donors (Lipinski definition) is 1. The summed E-state index contributed by atoms with van der Waals surface area (Å²) in [5.41, 5.74) is 2.78. The predicted molar refractivity (Wildman–Crippen MR) is 118 cm³/mol. The van der Waals surface area contributed by atoms with Gasteiger partial charge in [-0.1, -0.05) is 0 Å². The molecule has 12 heteroatoms. The Morgan fingerprint density at radius 1 is 1.03 bits per heavy atom. The predicted octanol–water partition coefficient (Wildman–Crippen LogP) is 2.85. The number of benzene rings is 2. The molecular formula is C20H24N4O7S. The van der Waals surface area contributed by atoms with E-state index in [1.807, 2.05) is 0 Å². The second kappa shape index (κ2) is 9.83. The van der Waals surface area contributed by atoms with Gasteiger partial charge in [-0.2, -0.15) is 9.41 Å². The minimum absolute atomic E-state index is 0.0473. The van der Waals surface area contributed by atoms with Gasteiger partial charge in [-0.05, 0) is 31.0 Å². The number of nitrogens with one attached hydrogen (secondary N) is 1. The Bertz CT molecular complexity index is 1130. The van der Waals surface area contributed by atoms with E-state index in [1.165, 1.54) is 44.0 Å². The minimum Gasteiger partial charge on any atom is -0.496 e. The van der Waals surface area contributed by atoms with Crippen molar-refractivity contribution in [1.82, 2.24) is 4.31 Å².